The fraction of sp³-hybridized carbons (Fsp3) is 0.500. The molecule has 0 N–H and O–H groups in total. The van der Waals surface area contributed by atoms with Crippen molar-refractivity contribution in [3.05, 3.63) is 77.4 Å². The second kappa shape index (κ2) is 12.1. The van der Waals surface area contributed by atoms with Gasteiger partial charge in [-0.15, -0.1) is 0 Å². The van der Waals surface area contributed by atoms with Crippen molar-refractivity contribution in [2.75, 3.05) is 26.4 Å². The maximum atomic E-state index is 6.19. The smallest absolute Gasteiger partial charge is 0.122 e. The number of unbranched alkanes of at least 4 members (excludes halogenated alkanes) is 1. The third-order valence-electron chi connectivity index (χ3n) is 7.52. The van der Waals surface area contributed by atoms with Crippen LogP contribution < -0.4 is 9.47 Å². The van der Waals surface area contributed by atoms with E-state index in [0.29, 0.717) is 25.0 Å². The van der Waals surface area contributed by atoms with Crippen LogP contribution >= 0.6 is 0 Å². The number of ether oxygens (including phenoxy) is 4. The third kappa shape index (κ3) is 7.02. The Balaban J connectivity index is 1.25. The van der Waals surface area contributed by atoms with E-state index in [0.717, 1.165) is 37.6 Å². The molecule has 2 aromatic carbocycles. The molecule has 0 spiro atoms. The highest BCUT2D eigenvalue weighted by atomic mass is 16.6. The normalized spacial score (nSPS) is 23.2. The number of hydrogen-bond acceptors (Lipinski definition) is 4. The van der Waals surface area contributed by atoms with Crippen molar-refractivity contribution in [3.8, 4) is 11.5 Å². The van der Waals surface area contributed by atoms with Gasteiger partial charge in [-0.1, -0.05) is 76.0 Å². The topological polar surface area (TPSA) is 43.5 Å². The van der Waals surface area contributed by atoms with Gasteiger partial charge in [0, 0.05) is 5.92 Å². The molecule has 2 aliphatic heterocycles. The van der Waals surface area contributed by atoms with Gasteiger partial charge in [-0.05, 0) is 65.3 Å². The van der Waals surface area contributed by atoms with E-state index in [1.807, 2.05) is 0 Å². The van der Waals surface area contributed by atoms with Crippen molar-refractivity contribution >= 4 is 5.57 Å². The molecule has 2 heterocycles. The second-order valence-electron chi connectivity index (χ2n) is 10.4. The van der Waals surface area contributed by atoms with Crippen LogP contribution in [0.15, 0.2) is 60.7 Å². The largest absolute Gasteiger partial charge is 0.491 e. The first-order chi connectivity index (χ1) is 17.7. The van der Waals surface area contributed by atoms with E-state index < -0.39 is 0 Å². The lowest BCUT2D eigenvalue weighted by molar-refractivity contribution is 0.260. The lowest BCUT2D eigenvalue weighted by Gasteiger charge is -2.20. The van der Waals surface area contributed by atoms with Crippen LogP contribution in [0.25, 0.3) is 5.57 Å². The number of hydrogen-bond donors (Lipinski definition) is 0. The lowest BCUT2D eigenvalue weighted by atomic mass is 9.86. The maximum Gasteiger partial charge on any atom is 0.122 e. The Bertz CT molecular complexity index is 1050. The highest BCUT2D eigenvalue weighted by Gasteiger charge is 2.24. The average Bonchev–Trinajstić information content (AvgIpc) is 3.85. The molecule has 5 rings (SSSR count). The van der Waals surface area contributed by atoms with E-state index in [1.165, 1.54) is 47.9 Å². The van der Waals surface area contributed by atoms with Gasteiger partial charge in [0.25, 0.3) is 0 Å². The predicted octanol–water partition coefficient (Wildman–Crippen LogP) is 7.13. The Morgan fingerprint density at radius 1 is 0.944 bits per heavy atom. The van der Waals surface area contributed by atoms with Crippen molar-refractivity contribution in [3.63, 3.8) is 0 Å². The summed E-state index contributed by atoms with van der Waals surface area (Å²) in [4.78, 5) is 0. The van der Waals surface area contributed by atoms with Gasteiger partial charge < -0.3 is 18.9 Å². The zero-order valence-electron chi connectivity index (χ0n) is 21.8. The Morgan fingerprint density at radius 3 is 2.33 bits per heavy atom. The SMILES string of the molecule is CCCCC(CC)Cc1cc(C2=CCC(c3ccc(OCC4CO4)cc3)C=C2)ccc1OCC1CO1. The van der Waals surface area contributed by atoms with Crippen LogP contribution in [-0.2, 0) is 15.9 Å². The lowest BCUT2D eigenvalue weighted by Crippen LogP contribution is -2.09. The Labute approximate surface area is 216 Å². The fourth-order valence-corrected chi connectivity index (χ4v) is 4.91. The minimum absolute atomic E-state index is 0.272. The predicted molar refractivity (Wildman–Crippen MR) is 145 cm³/mol. The van der Waals surface area contributed by atoms with Crippen LogP contribution in [0, 0.1) is 5.92 Å². The minimum atomic E-state index is 0.272. The summed E-state index contributed by atoms with van der Waals surface area (Å²) in [6, 6.07) is 15.3. The molecule has 0 amide bonds. The zero-order valence-corrected chi connectivity index (χ0v) is 21.8. The molecular weight excluding hydrogens is 448 g/mol. The highest BCUT2D eigenvalue weighted by molar-refractivity contribution is 5.76. The van der Waals surface area contributed by atoms with E-state index in [-0.39, 0.29) is 12.2 Å². The molecule has 2 aromatic rings. The van der Waals surface area contributed by atoms with Crippen molar-refractivity contribution < 1.29 is 18.9 Å². The van der Waals surface area contributed by atoms with Gasteiger partial charge in [-0.25, -0.2) is 0 Å². The van der Waals surface area contributed by atoms with E-state index in [9.17, 15) is 0 Å². The molecule has 1 aliphatic carbocycles. The molecule has 0 saturated carbocycles. The minimum Gasteiger partial charge on any atom is -0.491 e. The molecular formula is C32H40O4. The molecule has 192 valence electrons. The summed E-state index contributed by atoms with van der Waals surface area (Å²) in [6.45, 7) is 7.54. The van der Waals surface area contributed by atoms with Gasteiger partial charge in [-0.2, -0.15) is 0 Å². The Morgan fingerprint density at radius 2 is 1.69 bits per heavy atom. The summed E-state index contributed by atoms with van der Waals surface area (Å²) in [5.74, 6) is 3.04. The van der Waals surface area contributed by atoms with Gasteiger partial charge in [0.05, 0.1) is 13.2 Å². The number of rotatable bonds is 14. The molecule has 36 heavy (non-hydrogen) atoms. The molecule has 2 fully saturated rings. The summed E-state index contributed by atoms with van der Waals surface area (Å²) in [5, 5.41) is 0. The number of epoxide rings is 2. The van der Waals surface area contributed by atoms with Gasteiger partial charge in [0.15, 0.2) is 0 Å². The average molecular weight is 489 g/mol. The van der Waals surface area contributed by atoms with Crippen LogP contribution in [0.4, 0.5) is 0 Å². The first-order valence-electron chi connectivity index (χ1n) is 13.8. The van der Waals surface area contributed by atoms with Gasteiger partial charge >= 0.3 is 0 Å². The summed E-state index contributed by atoms with van der Waals surface area (Å²) in [7, 11) is 0. The number of benzene rings is 2. The standard InChI is InChI=1S/C32H40O4/c1-3-5-6-23(4-2)17-28-18-27(13-16-32(28)36-22-31-21-35-31)26-9-7-24(8-10-26)25-11-14-29(15-12-25)33-19-30-20-34-30/h7,9-16,18,23-24,30-31H,3-6,8,17,19-22H2,1-2H3. The summed E-state index contributed by atoms with van der Waals surface area (Å²) in [6.07, 6.45) is 14.7. The first-order valence-corrected chi connectivity index (χ1v) is 13.8. The van der Waals surface area contributed by atoms with Crippen molar-refractivity contribution in [2.45, 2.75) is 70.5 Å². The van der Waals surface area contributed by atoms with Crippen LogP contribution in [0.2, 0.25) is 0 Å². The van der Waals surface area contributed by atoms with Gasteiger partial charge in [0.1, 0.15) is 36.9 Å². The summed E-state index contributed by atoms with van der Waals surface area (Å²) < 4.78 is 22.6. The quantitative estimate of drug-likeness (QED) is 0.265. The van der Waals surface area contributed by atoms with Crippen LogP contribution in [-0.4, -0.2) is 38.6 Å². The third-order valence-corrected chi connectivity index (χ3v) is 7.52. The van der Waals surface area contributed by atoms with E-state index in [2.05, 4.69) is 74.5 Å². The number of allylic oxidation sites excluding steroid dienone is 4. The second-order valence-corrected chi connectivity index (χ2v) is 10.4. The Hall–Kier alpha value is -2.56. The van der Waals surface area contributed by atoms with Crippen LogP contribution in [0.5, 0.6) is 11.5 Å². The van der Waals surface area contributed by atoms with Crippen molar-refractivity contribution in [1.82, 2.24) is 0 Å². The highest BCUT2D eigenvalue weighted by Crippen LogP contribution is 2.34. The molecule has 0 radical (unpaired) electrons. The molecule has 4 nitrogen and oxygen atoms in total. The fourth-order valence-electron chi connectivity index (χ4n) is 4.91. The van der Waals surface area contributed by atoms with E-state index in [4.69, 9.17) is 18.9 Å². The molecule has 2 saturated heterocycles. The summed E-state index contributed by atoms with van der Waals surface area (Å²) in [5.41, 5.74) is 5.24. The Kier molecular flexibility index (Phi) is 8.45. The zero-order chi connectivity index (χ0) is 24.7. The van der Waals surface area contributed by atoms with Crippen LogP contribution in [0.3, 0.4) is 0 Å². The molecule has 4 heteroatoms. The van der Waals surface area contributed by atoms with E-state index >= 15 is 0 Å². The van der Waals surface area contributed by atoms with Gasteiger partial charge in [0.2, 0.25) is 0 Å². The van der Waals surface area contributed by atoms with Gasteiger partial charge in [-0.3, -0.25) is 0 Å². The summed E-state index contributed by atoms with van der Waals surface area (Å²) >= 11 is 0. The maximum absolute atomic E-state index is 6.19. The molecule has 4 atom stereocenters. The molecule has 0 bridgehead atoms. The molecule has 4 unspecified atom stereocenters. The molecule has 3 aliphatic rings. The molecule has 0 aromatic heterocycles. The van der Waals surface area contributed by atoms with Crippen molar-refractivity contribution in [2.24, 2.45) is 5.92 Å². The monoisotopic (exact) mass is 488 g/mol. The van der Waals surface area contributed by atoms with E-state index in [1.54, 1.807) is 0 Å². The van der Waals surface area contributed by atoms with Crippen molar-refractivity contribution in [1.29, 1.82) is 0 Å². The van der Waals surface area contributed by atoms with Crippen LogP contribution in [0.1, 0.15) is 68.6 Å². The first kappa shape index (κ1) is 25.1.